The molecule has 2 saturated heterocycles. The van der Waals surface area contributed by atoms with Crippen molar-refractivity contribution in [3.8, 4) is 11.3 Å². The van der Waals surface area contributed by atoms with Crippen LogP contribution in [0.4, 0.5) is 23.0 Å². The molecule has 0 radical (unpaired) electrons. The highest BCUT2D eigenvalue weighted by Crippen LogP contribution is 2.30. The van der Waals surface area contributed by atoms with Gasteiger partial charge in [-0.15, -0.1) is 5.10 Å². The number of rotatable bonds is 15. The predicted octanol–water partition coefficient (Wildman–Crippen LogP) is 2.27. The van der Waals surface area contributed by atoms with Crippen molar-refractivity contribution in [2.75, 3.05) is 74.4 Å². The summed E-state index contributed by atoms with van der Waals surface area (Å²) in [6.07, 6.45) is 1.33. The van der Waals surface area contributed by atoms with Crippen molar-refractivity contribution in [3.63, 3.8) is 0 Å². The Morgan fingerprint density at radius 3 is 2.40 bits per heavy atom. The van der Waals surface area contributed by atoms with Gasteiger partial charge in [0.25, 0.3) is 11.8 Å². The Kier molecular flexibility index (Phi) is 11.3. The first-order valence-corrected chi connectivity index (χ1v) is 21.2. The van der Waals surface area contributed by atoms with Crippen LogP contribution in [-0.4, -0.2) is 127 Å². The lowest BCUT2D eigenvalue weighted by Crippen LogP contribution is -2.54. The number of ether oxygens (including phenoxy) is 1. The topological polar surface area (TPSA) is 217 Å². The van der Waals surface area contributed by atoms with Crippen molar-refractivity contribution in [3.05, 3.63) is 96.1 Å². The van der Waals surface area contributed by atoms with Gasteiger partial charge in [-0.2, -0.15) is 4.98 Å². The van der Waals surface area contributed by atoms with Crippen molar-refractivity contribution >= 4 is 68.0 Å². The molecule has 2 fully saturated rings. The Morgan fingerprint density at radius 2 is 1.63 bits per heavy atom. The minimum absolute atomic E-state index is 0.0563. The zero-order valence-corrected chi connectivity index (χ0v) is 33.4. The smallest absolute Gasteiger partial charge is 0.262 e. The number of hydrogen-bond donors (Lipinski definition) is 4. The summed E-state index contributed by atoms with van der Waals surface area (Å²) in [6, 6.07) is 24.0. The van der Waals surface area contributed by atoms with E-state index in [1.165, 1.54) is 6.26 Å². The summed E-state index contributed by atoms with van der Waals surface area (Å²) in [5, 5.41) is 16.2. The highest BCUT2D eigenvalue weighted by Gasteiger charge is 2.44. The molecule has 3 aliphatic rings. The first-order valence-electron chi connectivity index (χ1n) is 19.4. The number of anilines is 4. The number of amides is 5. The molecule has 5 heterocycles. The molecule has 19 heteroatoms. The van der Waals surface area contributed by atoms with Gasteiger partial charge in [-0.05, 0) is 73.2 Å². The number of imide groups is 2. The van der Waals surface area contributed by atoms with E-state index in [1.807, 2.05) is 42.5 Å². The minimum atomic E-state index is -3.30. The number of piperidine rings is 1. The van der Waals surface area contributed by atoms with Gasteiger partial charge in [0.2, 0.25) is 23.7 Å². The summed E-state index contributed by atoms with van der Waals surface area (Å²) >= 11 is 0. The van der Waals surface area contributed by atoms with Crippen LogP contribution in [0, 0.1) is 0 Å². The van der Waals surface area contributed by atoms with E-state index in [-0.39, 0.29) is 41.3 Å². The standard InChI is InChI=1S/C41H42N10O8S/c1-60(57,58)30-12-5-26(6-13-30)33-3-2-4-35-45-41(47-51(33)35)44-27-7-10-29(11-8-27)49-20-19-48(25-49)24-37(53)43-18-22-59-21-17-42-28-9-14-31-32(23-28)40(56)50(39(31)55)34-15-16-36(52)46-38(34)54/h2-14,23,34,42H,15-22,24-25H2,1H3,(H,43,53)(H,44,47)(H,46,52,54). The maximum absolute atomic E-state index is 13.1. The zero-order chi connectivity index (χ0) is 42.0. The van der Waals surface area contributed by atoms with Crippen molar-refractivity contribution in [1.29, 1.82) is 0 Å². The Bertz CT molecular complexity index is 2600. The molecule has 2 aromatic heterocycles. The van der Waals surface area contributed by atoms with Gasteiger partial charge < -0.3 is 25.6 Å². The third kappa shape index (κ3) is 8.68. The normalized spacial score (nSPS) is 17.0. The van der Waals surface area contributed by atoms with Gasteiger partial charge in [0, 0.05) is 61.5 Å². The maximum atomic E-state index is 13.1. The van der Waals surface area contributed by atoms with E-state index in [0.717, 1.165) is 40.6 Å². The third-order valence-corrected chi connectivity index (χ3v) is 11.6. The van der Waals surface area contributed by atoms with Crippen LogP contribution in [0.2, 0.25) is 0 Å². The second-order valence-electron chi connectivity index (χ2n) is 14.6. The van der Waals surface area contributed by atoms with Gasteiger partial charge in [0.1, 0.15) is 6.04 Å². The summed E-state index contributed by atoms with van der Waals surface area (Å²) in [6.45, 7) is 3.76. The van der Waals surface area contributed by atoms with Gasteiger partial charge in [-0.3, -0.25) is 39.1 Å². The van der Waals surface area contributed by atoms with Crippen LogP contribution in [0.5, 0.6) is 0 Å². The first-order chi connectivity index (χ1) is 28.9. The fourth-order valence-electron chi connectivity index (χ4n) is 7.39. The van der Waals surface area contributed by atoms with Gasteiger partial charge in [0.15, 0.2) is 15.5 Å². The second kappa shape index (κ2) is 16.9. The highest BCUT2D eigenvalue weighted by molar-refractivity contribution is 7.90. The largest absolute Gasteiger partial charge is 0.383 e. The lowest BCUT2D eigenvalue weighted by Gasteiger charge is -2.27. The highest BCUT2D eigenvalue weighted by atomic mass is 32.2. The van der Waals surface area contributed by atoms with Crippen LogP contribution in [0.25, 0.3) is 16.9 Å². The molecule has 0 spiro atoms. The van der Waals surface area contributed by atoms with E-state index in [2.05, 4.69) is 41.1 Å². The van der Waals surface area contributed by atoms with E-state index < -0.39 is 39.5 Å². The molecule has 310 valence electrons. The maximum Gasteiger partial charge on any atom is 0.262 e. The fraction of sp³-hybridized carbons (Fsp3) is 0.293. The number of benzene rings is 3. The molecule has 0 saturated carbocycles. The Hall–Kier alpha value is -6.70. The number of sulfone groups is 1. The molecule has 1 unspecified atom stereocenters. The first kappa shape index (κ1) is 40.1. The van der Waals surface area contributed by atoms with Crippen LogP contribution in [0.15, 0.2) is 89.8 Å². The predicted molar refractivity (Wildman–Crippen MR) is 220 cm³/mol. The molecule has 3 aromatic carbocycles. The van der Waals surface area contributed by atoms with Crippen LogP contribution in [-0.2, 0) is 29.0 Å². The molecule has 0 aliphatic carbocycles. The molecule has 0 bridgehead atoms. The van der Waals surface area contributed by atoms with Gasteiger partial charge >= 0.3 is 0 Å². The Labute approximate surface area is 344 Å². The Morgan fingerprint density at radius 1 is 0.883 bits per heavy atom. The van der Waals surface area contributed by atoms with Crippen molar-refractivity contribution in [1.82, 2.24) is 35.0 Å². The SMILES string of the molecule is CS(=O)(=O)c1ccc(-c2cccc3nc(Nc4ccc(N5CCN(CC(=O)NCCOCCNc6ccc7c(c6)C(=O)N(C6CCC(=O)NC6=O)C7=O)C5)cc4)nn23)cc1. The number of carbonyl (C=O) groups excluding carboxylic acids is 5. The van der Waals surface area contributed by atoms with Crippen LogP contribution in [0.3, 0.4) is 0 Å². The van der Waals surface area contributed by atoms with Crippen LogP contribution >= 0.6 is 0 Å². The summed E-state index contributed by atoms with van der Waals surface area (Å²) in [5.41, 5.74) is 5.05. The number of aromatic nitrogens is 3. The van der Waals surface area contributed by atoms with E-state index in [4.69, 9.17) is 4.74 Å². The molecule has 3 aliphatic heterocycles. The van der Waals surface area contributed by atoms with Gasteiger partial charge in [-0.25, -0.2) is 12.9 Å². The molecule has 5 amide bonds. The molecular formula is C41H42N10O8S. The zero-order valence-electron chi connectivity index (χ0n) is 32.6. The van der Waals surface area contributed by atoms with Crippen molar-refractivity contribution < 1.29 is 37.1 Å². The lowest BCUT2D eigenvalue weighted by atomic mass is 10.0. The van der Waals surface area contributed by atoms with Crippen LogP contribution < -0.4 is 26.2 Å². The lowest BCUT2D eigenvalue weighted by molar-refractivity contribution is -0.136. The van der Waals surface area contributed by atoms with E-state index in [0.29, 0.717) is 50.3 Å². The van der Waals surface area contributed by atoms with E-state index in [9.17, 15) is 32.4 Å². The summed E-state index contributed by atoms with van der Waals surface area (Å²) < 4.78 is 31.2. The number of pyridine rings is 1. The quantitative estimate of drug-likeness (QED) is 0.0880. The molecule has 1 atom stereocenters. The van der Waals surface area contributed by atoms with Crippen LogP contribution in [0.1, 0.15) is 33.6 Å². The van der Waals surface area contributed by atoms with Gasteiger partial charge in [-0.1, -0.05) is 18.2 Å². The van der Waals surface area contributed by atoms with Crippen molar-refractivity contribution in [2.24, 2.45) is 0 Å². The van der Waals surface area contributed by atoms with E-state index >= 15 is 0 Å². The summed E-state index contributed by atoms with van der Waals surface area (Å²) in [5.74, 6) is -1.89. The van der Waals surface area contributed by atoms with E-state index in [1.54, 1.807) is 47.0 Å². The molecular weight excluding hydrogens is 793 g/mol. The number of fused-ring (bicyclic) bond motifs is 2. The second-order valence-corrected chi connectivity index (χ2v) is 16.7. The fourth-order valence-corrected chi connectivity index (χ4v) is 8.02. The summed E-state index contributed by atoms with van der Waals surface area (Å²) in [7, 11) is -3.30. The van der Waals surface area contributed by atoms with Crippen molar-refractivity contribution in [2.45, 2.75) is 23.8 Å². The average Bonchev–Trinajstić information content (AvgIpc) is 3.93. The van der Waals surface area contributed by atoms with Gasteiger partial charge in [0.05, 0.1) is 48.1 Å². The minimum Gasteiger partial charge on any atom is -0.383 e. The summed E-state index contributed by atoms with van der Waals surface area (Å²) in [4.78, 5) is 72.5. The molecule has 5 aromatic rings. The molecule has 18 nitrogen and oxygen atoms in total. The number of hydrogen-bond acceptors (Lipinski definition) is 14. The monoisotopic (exact) mass is 834 g/mol. The average molecular weight is 835 g/mol. The third-order valence-electron chi connectivity index (χ3n) is 10.4. The number of carbonyl (C=O) groups is 5. The molecule has 4 N–H and O–H groups in total. The molecule has 60 heavy (non-hydrogen) atoms. The Balaban J connectivity index is 0.737. The number of nitrogens with zero attached hydrogens (tertiary/aromatic N) is 6. The molecule has 8 rings (SSSR count). The number of nitrogens with one attached hydrogen (secondary N) is 4.